The summed E-state index contributed by atoms with van der Waals surface area (Å²) in [6, 6.07) is 1.72. The Hall–Kier alpha value is -1.40. The van der Waals surface area contributed by atoms with Crippen molar-refractivity contribution in [1.29, 1.82) is 0 Å². The Morgan fingerprint density at radius 2 is 2.16 bits per heavy atom. The van der Waals surface area contributed by atoms with Gasteiger partial charge in [-0.05, 0) is 20.9 Å². The van der Waals surface area contributed by atoms with Gasteiger partial charge < -0.3 is 15.0 Å². The summed E-state index contributed by atoms with van der Waals surface area (Å²) in [5.41, 5.74) is 0.791. The van der Waals surface area contributed by atoms with Crippen molar-refractivity contribution in [2.24, 2.45) is 0 Å². The molecule has 1 unspecified atom stereocenters. The lowest BCUT2D eigenvalue weighted by molar-refractivity contribution is 0.159. The SMILES string of the molecule is CCN(CC)c1cnn(CC(COC)NC)c(=O)c1. The molecular formula is C13H24N4O2. The lowest BCUT2D eigenvalue weighted by atomic mass is 10.3. The van der Waals surface area contributed by atoms with E-state index < -0.39 is 0 Å². The highest BCUT2D eigenvalue weighted by atomic mass is 16.5. The molecule has 0 aliphatic carbocycles. The predicted molar refractivity (Wildman–Crippen MR) is 76.8 cm³/mol. The van der Waals surface area contributed by atoms with E-state index in [4.69, 9.17) is 4.74 Å². The molecule has 0 fully saturated rings. The van der Waals surface area contributed by atoms with Crippen LogP contribution in [-0.2, 0) is 11.3 Å². The van der Waals surface area contributed by atoms with Gasteiger partial charge >= 0.3 is 0 Å². The van der Waals surface area contributed by atoms with E-state index in [9.17, 15) is 4.79 Å². The average Bonchev–Trinajstić information content (AvgIpc) is 2.42. The van der Waals surface area contributed by atoms with Crippen molar-refractivity contribution in [3.05, 3.63) is 22.6 Å². The molecule has 1 N–H and O–H groups in total. The minimum Gasteiger partial charge on any atom is -0.383 e. The van der Waals surface area contributed by atoms with Gasteiger partial charge in [-0.15, -0.1) is 0 Å². The minimum atomic E-state index is -0.0826. The number of ether oxygens (including phenoxy) is 1. The average molecular weight is 268 g/mol. The maximum Gasteiger partial charge on any atom is 0.268 e. The summed E-state index contributed by atoms with van der Waals surface area (Å²) in [7, 11) is 3.49. The van der Waals surface area contributed by atoms with Crippen LogP contribution in [0, 0.1) is 0 Å². The topological polar surface area (TPSA) is 59.4 Å². The zero-order valence-corrected chi connectivity index (χ0v) is 12.2. The van der Waals surface area contributed by atoms with Crippen LogP contribution >= 0.6 is 0 Å². The molecule has 1 aromatic rings. The number of rotatable bonds is 8. The van der Waals surface area contributed by atoms with Crippen LogP contribution in [0.25, 0.3) is 0 Å². The molecule has 1 aromatic heterocycles. The summed E-state index contributed by atoms with van der Waals surface area (Å²) in [5, 5.41) is 7.34. The van der Waals surface area contributed by atoms with E-state index in [1.54, 1.807) is 19.4 Å². The summed E-state index contributed by atoms with van der Waals surface area (Å²) in [6.45, 7) is 6.90. The highest BCUT2D eigenvalue weighted by Gasteiger charge is 2.10. The number of aromatic nitrogens is 2. The first-order valence-corrected chi connectivity index (χ1v) is 6.64. The van der Waals surface area contributed by atoms with E-state index in [0.717, 1.165) is 18.8 Å². The molecule has 1 atom stereocenters. The summed E-state index contributed by atoms with van der Waals surface area (Å²) in [4.78, 5) is 14.1. The highest BCUT2D eigenvalue weighted by molar-refractivity contribution is 5.42. The molecule has 19 heavy (non-hydrogen) atoms. The normalized spacial score (nSPS) is 12.4. The molecule has 6 heteroatoms. The summed E-state index contributed by atoms with van der Waals surface area (Å²) in [5.74, 6) is 0. The molecule has 0 aromatic carbocycles. The predicted octanol–water partition coefficient (Wildman–Crippen LogP) is 0.324. The molecule has 6 nitrogen and oxygen atoms in total. The molecule has 0 spiro atoms. The van der Waals surface area contributed by atoms with Crippen molar-refractivity contribution in [3.63, 3.8) is 0 Å². The fraction of sp³-hybridized carbons (Fsp3) is 0.692. The van der Waals surface area contributed by atoms with Gasteiger partial charge in [0.25, 0.3) is 5.56 Å². The van der Waals surface area contributed by atoms with Gasteiger partial charge in [0, 0.05) is 32.3 Å². The van der Waals surface area contributed by atoms with Gasteiger partial charge in [-0.25, -0.2) is 4.68 Å². The van der Waals surface area contributed by atoms with Gasteiger partial charge in [0.1, 0.15) is 0 Å². The fourth-order valence-corrected chi connectivity index (χ4v) is 1.96. The molecule has 0 radical (unpaired) electrons. The van der Waals surface area contributed by atoms with E-state index in [-0.39, 0.29) is 11.6 Å². The van der Waals surface area contributed by atoms with Crippen LogP contribution in [-0.4, -0.2) is 49.7 Å². The second-order valence-electron chi connectivity index (χ2n) is 4.35. The second kappa shape index (κ2) is 7.91. The smallest absolute Gasteiger partial charge is 0.268 e. The first-order valence-electron chi connectivity index (χ1n) is 6.64. The van der Waals surface area contributed by atoms with Crippen LogP contribution in [0.5, 0.6) is 0 Å². The first kappa shape index (κ1) is 15.7. The van der Waals surface area contributed by atoms with Crippen LogP contribution in [0.1, 0.15) is 13.8 Å². The number of methoxy groups -OCH3 is 1. The van der Waals surface area contributed by atoms with E-state index in [0.29, 0.717) is 13.2 Å². The van der Waals surface area contributed by atoms with Crippen molar-refractivity contribution in [1.82, 2.24) is 15.1 Å². The van der Waals surface area contributed by atoms with Gasteiger partial charge in [0.2, 0.25) is 0 Å². The van der Waals surface area contributed by atoms with Gasteiger partial charge in [-0.3, -0.25) is 4.79 Å². The Morgan fingerprint density at radius 1 is 1.47 bits per heavy atom. The molecule has 108 valence electrons. The number of nitrogens with one attached hydrogen (secondary N) is 1. The Labute approximate surface area is 114 Å². The fourth-order valence-electron chi connectivity index (χ4n) is 1.96. The summed E-state index contributed by atoms with van der Waals surface area (Å²) >= 11 is 0. The quantitative estimate of drug-likeness (QED) is 0.736. The molecule has 0 aliphatic heterocycles. The van der Waals surface area contributed by atoms with E-state index in [2.05, 4.69) is 29.2 Å². The lowest BCUT2D eigenvalue weighted by Crippen LogP contribution is -2.38. The standard InChI is InChI=1S/C13H24N4O2/c1-5-16(6-2)12-7-13(18)17(15-8-12)9-11(14-3)10-19-4/h7-8,11,14H,5-6,9-10H2,1-4H3. The van der Waals surface area contributed by atoms with Crippen molar-refractivity contribution in [2.75, 3.05) is 38.8 Å². The minimum absolute atomic E-state index is 0.0782. The summed E-state index contributed by atoms with van der Waals surface area (Å²) < 4.78 is 6.56. The molecule has 0 aliphatic rings. The van der Waals surface area contributed by atoms with Gasteiger partial charge in [-0.1, -0.05) is 0 Å². The number of hydrogen-bond acceptors (Lipinski definition) is 5. The lowest BCUT2D eigenvalue weighted by Gasteiger charge is -2.21. The largest absolute Gasteiger partial charge is 0.383 e. The Morgan fingerprint density at radius 3 is 2.63 bits per heavy atom. The maximum atomic E-state index is 12.0. The molecule has 1 rings (SSSR count). The Bertz CT molecular complexity index is 429. The van der Waals surface area contributed by atoms with Crippen molar-refractivity contribution >= 4 is 5.69 Å². The van der Waals surface area contributed by atoms with Gasteiger partial charge in [0.05, 0.1) is 25.0 Å². The molecule has 0 amide bonds. The van der Waals surface area contributed by atoms with Crippen LogP contribution < -0.4 is 15.8 Å². The zero-order chi connectivity index (χ0) is 14.3. The van der Waals surface area contributed by atoms with Crippen molar-refractivity contribution in [3.8, 4) is 0 Å². The van der Waals surface area contributed by atoms with Crippen LogP contribution in [0.15, 0.2) is 17.1 Å². The second-order valence-corrected chi connectivity index (χ2v) is 4.35. The molecule has 0 saturated carbocycles. The molecular weight excluding hydrogens is 244 g/mol. The monoisotopic (exact) mass is 268 g/mol. The Balaban J connectivity index is 2.85. The van der Waals surface area contributed by atoms with Crippen LogP contribution in [0.4, 0.5) is 5.69 Å². The maximum absolute atomic E-state index is 12.0. The van der Waals surface area contributed by atoms with Crippen molar-refractivity contribution < 1.29 is 4.74 Å². The molecule has 1 heterocycles. The zero-order valence-electron chi connectivity index (χ0n) is 12.2. The number of anilines is 1. The van der Waals surface area contributed by atoms with E-state index in [1.165, 1.54) is 4.68 Å². The third-order valence-electron chi connectivity index (χ3n) is 3.15. The van der Waals surface area contributed by atoms with Crippen LogP contribution in [0.2, 0.25) is 0 Å². The Kier molecular flexibility index (Phi) is 6.52. The highest BCUT2D eigenvalue weighted by Crippen LogP contribution is 2.08. The van der Waals surface area contributed by atoms with Crippen LogP contribution in [0.3, 0.4) is 0 Å². The van der Waals surface area contributed by atoms with Gasteiger partial charge in [0.15, 0.2) is 0 Å². The molecule has 0 bridgehead atoms. The third-order valence-corrected chi connectivity index (χ3v) is 3.15. The number of likely N-dealkylation sites (N-methyl/N-ethyl adjacent to an activating group) is 1. The van der Waals surface area contributed by atoms with E-state index in [1.807, 2.05) is 7.05 Å². The van der Waals surface area contributed by atoms with E-state index >= 15 is 0 Å². The number of nitrogens with zero attached hydrogens (tertiary/aromatic N) is 3. The summed E-state index contributed by atoms with van der Waals surface area (Å²) in [6.07, 6.45) is 1.74. The van der Waals surface area contributed by atoms with Crippen molar-refractivity contribution in [2.45, 2.75) is 26.4 Å². The van der Waals surface area contributed by atoms with Gasteiger partial charge in [-0.2, -0.15) is 5.10 Å². The number of hydrogen-bond donors (Lipinski definition) is 1. The third kappa shape index (κ3) is 4.33. The first-order chi connectivity index (χ1) is 9.15. The molecule has 0 saturated heterocycles.